The molecule has 0 amide bonds. The normalized spacial score (nSPS) is 13.3. The Morgan fingerprint density at radius 3 is 1.04 bits per heavy atom. The van der Waals surface area contributed by atoms with Crippen LogP contribution in [0.1, 0.15) is 220 Å². The molecule has 0 N–H and O–H groups in total. The minimum atomic E-state index is -0.821. The molecule has 1 unspecified atom stereocenters. The van der Waals surface area contributed by atoms with E-state index in [-0.39, 0.29) is 31.1 Å². The summed E-state index contributed by atoms with van der Waals surface area (Å²) in [4.78, 5) is 38.2. The second-order valence-corrected chi connectivity index (χ2v) is 18.3. The van der Waals surface area contributed by atoms with E-state index in [1.165, 1.54) is 77.0 Å². The Balaban J connectivity index is 4.57. The van der Waals surface area contributed by atoms with Crippen molar-refractivity contribution < 1.29 is 28.6 Å². The van der Waals surface area contributed by atoms with Crippen LogP contribution in [0.3, 0.4) is 0 Å². The molecule has 0 radical (unpaired) electrons. The molecular weight excluding hydrogens is 889 g/mol. The molecule has 0 spiro atoms. The minimum absolute atomic E-state index is 0.118. The van der Waals surface area contributed by atoms with E-state index in [2.05, 4.69) is 106 Å². The van der Waals surface area contributed by atoms with E-state index in [9.17, 15) is 14.4 Å². The van der Waals surface area contributed by atoms with E-state index < -0.39 is 6.10 Å². The molecule has 1 atom stereocenters. The van der Waals surface area contributed by atoms with Gasteiger partial charge in [-0.05, 0) is 103 Å². The predicted molar refractivity (Wildman–Crippen MR) is 311 cm³/mol. The molecule has 6 heteroatoms. The van der Waals surface area contributed by atoms with E-state index in [0.29, 0.717) is 25.7 Å². The lowest BCUT2D eigenvalue weighted by molar-refractivity contribution is -0.167. The van der Waals surface area contributed by atoms with E-state index in [4.69, 9.17) is 14.2 Å². The number of carbonyl (C=O) groups is 3. The molecule has 0 aliphatic carbocycles. The number of allylic oxidation sites excluding steroid dienone is 26. The van der Waals surface area contributed by atoms with Gasteiger partial charge in [0.1, 0.15) is 13.2 Å². The fraction of sp³-hybridized carbons (Fsp3) is 0.561. The Kier molecular flexibility index (Phi) is 54.6. The van der Waals surface area contributed by atoms with Crippen molar-refractivity contribution in [1.29, 1.82) is 0 Å². The Morgan fingerprint density at radius 2 is 0.611 bits per heavy atom. The van der Waals surface area contributed by atoms with Gasteiger partial charge in [-0.3, -0.25) is 14.4 Å². The molecule has 0 aromatic rings. The van der Waals surface area contributed by atoms with Gasteiger partial charge in [0.05, 0.1) is 0 Å². The maximum atomic E-state index is 12.9. The number of rotatable bonds is 49. The molecule has 0 bridgehead atoms. The van der Waals surface area contributed by atoms with Crippen LogP contribution >= 0.6 is 0 Å². The second kappa shape index (κ2) is 58.6. The lowest BCUT2D eigenvalue weighted by atomic mass is 10.1. The summed E-state index contributed by atoms with van der Waals surface area (Å²) in [6.45, 7) is 6.27. The third-order valence-corrected chi connectivity index (χ3v) is 11.5. The largest absolute Gasteiger partial charge is 0.462 e. The Bertz CT molecular complexity index is 1660. The molecule has 0 aliphatic rings. The molecule has 0 saturated carbocycles. The van der Waals surface area contributed by atoms with Crippen molar-refractivity contribution in [2.75, 3.05) is 13.2 Å². The summed E-state index contributed by atoms with van der Waals surface area (Å²) < 4.78 is 16.8. The summed E-state index contributed by atoms with van der Waals surface area (Å²) in [6, 6.07) is 0. The van der Waals surface area contributed by atoms with Gasteiger partial charge < -0.3 is 14.2 Å². The first-order valence-corrected chi connectivity index (χ1v) is 28.6. The quantitative estimate of drug-likeness (QED) is 0.0199. The van der Waals surface area contributed by atoms with Crippen LogP contribution in [-0.4, -0.2) is 37.2 Å². The summed E-state index contributed by atoms with van der Waals surface area (Å²) >= 11 is 0. The van der Waals surface area contributed by atoms with Crippen LogP contribution in [0.4, 0.5) is 0 Å². The highest BCUT2D eigenvalue weighted by Crippen LogP contribution is 2.14. The summed E-state index contributed by atoms with van der Waals surface area (Å²) in [5.74, 6) is -1.00. The van der Waals surface area contributed by atoms with E-state index in [1.54, 1.807) is 0 Å². The number of carbonyl (C=O) groups excluding carboxylic acids is 3. The van der Waals surface area contributed by atoms with Gasteiger partial charge in [-0.15, -0.1) is 0 Å². The highest BCUT2D eigenvalue weighted by molar-refractivity contribution is 5.71. The van der Waals surface area contributed by atoms with Crippen molar-refractivity contribution in [2.24, 2.45) is 0 Å². The van der Waals surface area contributed by atoms with E-state index >= 15 is 0 Å². The zero-order valence-electron chi connectivity index (χ0n) is 45.9. The van der Waals surface area contributed by atoms with Gasteiger partial charge in [-0.2, -0.15) is 0 Å². The Morgan fingerprint density at radius 1 is 0.306 bits per heavy atom. The zero-order valence-corrected chi connectivity index (χ0v) is 45.9. The first-order valence-electron chi connectivity index (χ1n) is 28.6. The van der Waals surface area contributed by atoms with Crippen molar-refractivity contribution in [3.63, 3.8) is 0 Å². The molecule has 0 aliphatic heterocycles. The van der Waals surface area contributed by atoms with Gasteiger partial charge in [0.2, 0.25) is 0 Å². The molecule has 0 heterocycles. The molecule has 0 aromatic carbocycles. The number of unbranched alkanes of at least 4 members (excludes halogenated alkanes) is 19. The molecule has 0 saturated heterocycles. The lowest BCUT2D eigenvalue weighted by Gasteiger charge is -2.18. The van der Waals surface area contributed by atoms with Crippen LogP contribution in [0.2, 0.25) is 0 Å². The highest BCUT2D eigenvalue weighted by atomic mass is 16.6. The van der Waals surface area contributed by atoms with Crippen molar-refractivity contribution >= 4 is 17.9 Å². The standard InChI is InChI=1S/C66H102O6/c1-4-7-10-13-16-19-22-25-28-31-33-35-38-41-44-47-50-53-56-59-65(68)71-62-63(61-70-64(67)58-55-52-49-46-43-40-37-30-27-24-21-18-15-12-9-6-3)72-66(69)60-57-54-51-48-45-42-39-36-34-32-29-26-23-20-17-14-11-8-5-2/h7,9-10,12-13,16-23,25-28,30-31,33,35,38,40-41,43-44,63H,4-6,8,11,14-15,24,29,32,34,36-37,39,42,45-62H2,1-3H3/b10-7-,12-9-,16-13-,20-17-,21-18-,22-19-,26-23-,28-25-,30-27-,33-31+,38-35-,43-40-,44-41-. The van der Waals surface area contributed by atoms with Crippen LogP contribution in [0.5, 0.6) is 0 Å². The monoisotopic (exact) mass is 991 g/mol. The molecule has 6 nitrogen and oxygen atoms in total. The fourth-order valence-electron chi connectivity index (χ4n) is 7.23. The highest BCUT2D eigenvalue weighted by Gasteiger charge is 2.19. The lowest BCUT2D eigenvalue weighted by Crippen LogP contribution is -2.30. The van der Waals surface area contributed by atoms with Crippen LogP contribution in [-0.2, 0) is 28.6 Å². The van der Waals surface area contributed by atoms with Crippen LogP contribution in [0.25, 0.3) is 0 Å². The maximum Gasteiger partial charge on any atom is 0.306 e. The zero-order chi connectivity index (χ0) is 52.2. The summed E-state index contributed by atoms with van der Waals surface area (Å²) in [5.41, 5.74) is 0. The fourth-order valence-corrected chi connectivity index (χ4v) is 7.23. The van der Waals surface area contributed by atoms with Crippen LogP contribution in [0.15, 0.2) is 158 Å². The van der Waals surface area contributed by atoms with Crippen molar-refractivity contribution in [1.82, 2.24) is 0 Å². The second-order valence-electron chi connectivity index (χ2n) is 18.3. The van der Waals surface area contributed by atoms with Gasteiger partial charge in [0.15, 0.2) is 6.10 Å². The number of esters is 3. The van der Waals surface area contributed by atoms with Crippen LogP contribution < -0.4 is 0 Å². The van der Waals surface area contributed by atoms with E-state index in [0.717, 1.165) is 96.3 Å². The molecule has 72 heavy (non-hydrogen) atoms. The van der Waals surface area contributed by atoms with Crippen LogP contribution in [0, 0.1) is 0 Å². The number of ether oxygens (including phenoxy) is 3. The average Bonchev–Trinajstić information content (AvgIpc) is 3.38. The summed E-state index contributed by atoms with van der Waals surface area (Å²) in [6.07, 6.45) is 85.1. The van der Waals surface area contributed by atoms with Gasteiger partial charge in [-0.25, -0.2) is 0 Å². The topological polar surface area (TPSA) is 78.9 Å². The van der Waals surface area contributed by atoms with Crippen molar-refractivity contribution in [3.05, 3.63) is 158 Å². The molecular formula is C66H102O6. The molecule has 0 fully saturated rings. The third kappa shape index (κ3) is 56.0. The molecule has 0 aromatic heterocycles. The summed E-state index contributed by atoms with van der Waals surface area (Å²) in [5, 5.41) is 0. The molecule has 402 valence electrons. The average molecular weight is 992 g/mol. The number of hydrogen-bond donors (Lipinski definition) is 0. The third-order valence-electron chi connectivity index (χ3n) is 11.5. The maximum absolute atomic E-state index is 12.9. The van der Waals surface area contributed by atoms with Gasteiger partial charge in [0.25, 0.3) is 0 Å². The Hall–Kier alpha value is -4.97. The minimum Gasteiger partial charge on any atom is -0.462 e. The summed E-state index contributed by atoms with van der Waals surface area (Å²) in [7, 11) is 0. The smallest absolute Gasteiger partial charge is 0.306 e. The Labute approximate surface area is 441 Å². The van der Waals surface area contributed by atoms with E-state index in [1.807, 2.05) is 72.9 Å². The van der Waals surface area contributed by atoms with Gasteiger partial charge >= 0.3 is 17.9 Å². The number of hydrogen-bond acceptors (Lipinski definition) is 6. The van der Waals surface area contributed by atoms with Crippen molar-refractivity contribution in [2.45, 2.75) is 226 Å². The first-order chi connectivity index (χ1) is 35.5. The van der Waals surface area contributed by atoms with Gasteiger partial charge in [0, 0.05) is 19.3 Å². The molecule has 0 rings (SSSR count). The SMILES string of the molecule is CC\C=C/C=C\C=C/C=C\C=C\C=C/C=C\CCCCCC(=O)OCC(COC(=O)CCCCC/C=C\C/C=C\C/C=C\C/C=C\CC)OC(=O)CCCCCCCCCCCC/C=C\C=C/CCCCC. The predicted octanol–water partition coefficient (Wildman–Crippen LogP) is 19.4. The van der Waals surface area contributed by atoms with Gasteiger partial charge in [-0.1, -0.05) is 256 Å². The van der Waals surface area contributed by atoms with Crippen molar-refractivity contribution in [3.8, 4) is 0 Å². The first kappa shape index (κ1) is 67.0.